The Hall–Kier alpha value is -1.68. The summed E-state index contributed by atoms with van der Waals surface area (Å²) < 4.78 is 19.1. The minimum Gasteiger partial charge on any atom is -0.485 e. The number of benzene rings is 2. The fourth-order valence-corrected chi connectivity index (χ4v) is 2.79. The molecule has 0 aromatic heterocycles. The fourth-order valence-electron chi connectivity index (χ4n) is 2.54. The molecule has 1 aliphatic rings. The summed E-state index contributed by atoms with van der Waals surface area (Å²) in [6, 6.07) is 10.3. The van der Waals surface area contributed by atoms with E-state index in [1.165, 1.54) is 17.2 Å². The molecule has 0 aliphatic heterocycles. The van der Waals surface area contributed by atoms with Gasteiger partial charge < -0.3 is 4.74 Å². The first-order valence-corrected chi connectivity index (χ1v) is 7.65. The van der Waals surface area contributed by atoms with E-state index < -0.39 is 5.82 Å². The molecular formula is C17H14BrFO2. The van der Waals surface area contributed by atoms with Crippen molar-refractivity contribution < 1.29 is 13.9 Å². The van der Waals surface area contributed by atoms with E-state index in [0.717, 1.165) is 19.3 Å². The molecule has 1 aliphatic carbocycles. The Bertz CT molecular complexity index is 697. The molecule has 3 rings (SSSR count). The molecular weight excluding hydrogens is 335 g/mol. The molecule has 21 heavy (non-hydrogen) atoms. The molecule has 108 valence electrons. The number of carbonyl (C=O) groups excluding carboxylic acids is 1. The van der Waals surface area contributed by atoms with Gasteiger partial charge in [0.1, 0.15) is 11.6 Å². The van der Waals surface area contributed by atoms with Crippen LogP contribution in [0.4, 0.5) is 4.39 Å². The first-order chi connectivity index (χ1) is 10.1. The first kappa shape index (κ1) is 14.3. The lowest BCUT2D eigenvalue weighted by Crippen LogP contribution is -2.12. The zero-order valence-corrected chi connectivity index (χ0v) is 13.0. The zero-order valence-electron chi connectivity index (χ0n) is 11.4. The molecule has 4 heteroatoms. The minimum absolute atomic E-state index is 0.0835. The van der Waals surface area contributed by atoms with Crippen molar-refractivity contribution in [3.63, 3.8) is 0 Å². The lowest BCUT2D eigenvalue weighted by atomic mass is 10.0. The quantitative estimate of drug-likeness (QED) is 0.768. The summed E-state index contributed by atoms with van der Waals surface area (Å²) in [6.07, 6.45) is 3.29. The van der Waals surface area contributed by atoms with Crippen LogP contribution in [0.5, 0.6) is 5.75 Å². The molecule has 0 saturated carbocycles. The third-order valence-corrected chi connectivity index (χ3v) is 4.32. The summed E-state index contributed by atoms with van der Waals surface area (Å²) in [7, 11) is 0. The number of hydrogen-bond donors (Lipinski definition) is 0. The second-order valence-corrected chi connectivity index (χ2v) is 5.98. The van der Waals surface area contributed by atoms with Crippen molar-refractivity contribution in [2.24, 2.45) is 0 Å². The molecule has 2 nitrogen and oxygen atoms in total. The van der Waals surface area contributed by atoms with Crippen LogP contribution in [0.2, 0.25) is 0 Å². The number of ether oxygens (including phenoxy) is 1. The van der Waals surface area contributed by atoms with Gasteiger partial charge in [0.15, 0.2) is 12.4 Å². The highest BCUT2D eigenvalue weighted by molar-refractivity contribution is 9.10. The van der Waals surface area contributed by atoms with Crippen LogP contribution in [0, 0.1) is 5.82 Å². The number of hydrogen-bond acceptors (Lipinski definition) is 2. The Kier molecular flexibility index (Phi) is 4.06. The van der Waals surface area contributed by atoms with Crippen LogP contribution in [0.1, 0.15) is 27.9 Å². The normalized spacial score (nSPS) is 13.0. The zero-order chi connectivity index (χ0) is 14.8. The molecule has 0 amide bonds. The van der Waals surface area contributed by atoms with Gasteiger partial charge in [-0.15, -0.1) is 0 Å². The van der Waals surface area contributed by atoms with Crippen LogP contribution >= 0.6 is 15.9 Å². The number of carbonyl (C=O) groups is 1. The van der Waals surface area contributed by atoms with Crippen molar-refractivity contribution in [3.05, 3.63) is 63.4 Å². The molecule has 0 N–H and O–H groups in total. The van der Waals surface area contributed by atoms with E-state index in [4.69, 9.17) is 4.74 Å². The smallest absolute Gasteiger partial charge is 0.200 e. The summed E-state index contributed by atoms with van der Waals surface area (Å²) in [5.74, 6) is -0.143. The van der Waals surface area contributed by atoms with Crippen molar-refractivity contribution >= 4 is 21.7 Å². The number of fused-ring (bicyclic) bond motifs is 1. The highest BCUT2D eigenvalue weighted by atomic mass is 79.9. The molecule has 2 aromatic rings. The Morgan fingerprint density at radius 1 is 1.14 bits per heavy atom. The minimum atomic E-state index is -0.405. The van der Waals surface area contributed by atoms with Crippen molar-refractivity contribution in [1.29, 1.82) is 0 Å². The van der Waals surface area contributed by atoms with Gasteiger partial charge in [-0.05, 0) is 64.5 Å². The maximum atomic E-state index is 13.4. The summed E-state index contributed by atoms with van der Waals surface area (Å²) in [5.41, 5.74) is 3.26. The summed E-state index contributed by atoms with van der Waals surface area (Å²) in [4.78, 5) is 12.1. The average Bonchev–Trinajstić information content (AvgIpc) is 2.95. The summed E-state index contributed by atoms with van der Waals surface area (Å²) in [6.45, 7) is -0.0835. The number of aryl methyl sites for hydroxylation is 2. The Morgan fingerprint density at radius 3 is 2.76 bits per heavy atom. The fraction of sp³-hybridized carbons (Fsp3) is 0.235. The van der Waals surface area contributed by atoms with Gasteiger partial charge in [-0.2, -0.15) is 0 Å². The average molecular weight is 349 g/mol. The number of rotatable bonds is 4. The van der Waals surface area contributed by atoms with Gasteiger partial charge in [-0.1, -0.05) is 12.1 Å². The second-order valence-electron chi connectivity index (χ2n) is 5.12. The van der Waals surface area contributed by atoms with E-state index in [-0.39, 0.29) is 12.4 Å². The van der Waals surface area contributed by atoms with Crippen LogP contribution in [0.3, 0.4) is 0 Å². The molecule has 0 unspecified atom stereocenters. The Balaban J connectivity index is 1.67. The van der Waals surface area contributed by atoms with E-state index in [9.17, 15) is 9.18 Å². The molecule has 0 heterocycles. The topological polar surface area (TPSA) is 26.3 Å². The third kappa shape index (κ3) is 3.16. The second kappa shape index (κ2) is 5.98. The molecule has 0 bridgehead atoms. The predicted molar refractivity (Wildman–Crippen MR) is 82.4 cm³/mol. The van der Waals surface area contributed by atoms with Crippen molar-refractivity contribution in [2.75, 3.05) is 6.61 Å². The standard InChI is InChI=1S/C17H14BrFO2/c18-15-7-6-14(9-16(15)19)21-10-17(20)13-5-4-11-2-1-3-12(11)8-13/h4-9H,1-3,10H2. The van der Waals surface area contributed by atoms with Gasteiger partial charge in [0.05, 0.1) is 4.47 Å². The van der Waals surface area contributed by atoms with Gasteiger partial charge in [0, 0.05) is 11.6 Å². The van der Waals surface area contributed by atoms with Crippen molar-refractivity contribution in [1.82, 2.24) is 0 Å². The van der Waals surface area contributed by atoms with Gasteiger partial charge in [0.25, 0.3) is 0 Å². The van der Waals surface area contributed by atoms with Gasteiger partial charge in [-0.3, -0.25) is 4.79 Å². The van der Waals surface area contributed by atoms with E-state index in [1.807, 2.05) is 18.2 Å². The maximum absolute atomic E-state index is 13.4. The molecule has 0 spiro atoms. The Morgan fingerprint density at radius 2 is 1.95 bits per heavy atom. The lowest BCUT2D eigenvalue weighted by molar-refractivity contribution is 0.0921. The predicted octanol–water partition coefficient (Wildman–Crippen LogP) is 4.34. The van der Waals surface area contributed by atoms with Crippen molar-refractivity contribution in [2.45, 2.75) is 19.3 Å². The lowest BCUT2D eigenvalue weighted by Gasteiger charge is -2.07. The monoisotopic (exact) mass is 348 g/mol. The van der Waals surface area contributed by atoms with Crippen LogP contribution in [0.15, 0.2) is 40.9 Å². The van der Waals surface area contributed by atoms with E-state index in [2.05, 4.69) is 15.9 Å². The molecule has 0 atom stereocenters. The summed E-state index contributed by atoms with van der Waals surface area (Å²) in [5, 5.41) is 0. The molecule has 2 aromatic carbocycles. The van der Waals surface area contributed by atoms with Crippen molar-refractivity contribution in [3.8, 4) is 5.75 Å². The van der Waals surface area contributed by atoms with Gasteiger partial charge in [0.2, 0.25) is 0 Å². The highest BCUT2D eigenvalue weighted by Crippen LogP contribution is 2.24. The third-order valence-electron chi connectivity index (χ3n) is 3.68. The highest BCUT2D eigenvalue weighted by Gasteiger charge is 2.14. The number of Topliss-reactive ketones (excluding diaryl/α,β-unsaturated/α-hetero) is 1. The van der Waals surface area contributed by atoms with Crippen LogP contribution < -0.4 is 4.74 Å². The van der Waals surface area contributed by atoms with Gasteiger partial charge >= 0.3 is 0 Å². The Labute approximate surface area is 131 Å². The van der Waals surface area contributed by atoms with Gasteiger partial charge in [-0.25, -0.2) is 4.39 Å². The maximum Gasteiger partial charge on any atom is 0.200 e. The molecule has 0 radical (unpaired) electrons. The van der Waals surface area contributed by atoms with E-state index >= 15 is 0 Å². The van der Waals surface area contributed by atoms with E-state index in [0.29, 0.717) is 15.8 Å². The SMILES string of the molecule is O=C(COc1ccc(Br)c(F)c1)c1ccc2c(c1)CCC2. The van der Waals surface area contributed by atoms with Crippen LogP contribution in [-0.2, 0) is 12.8 Å². The first-order valence-electron chi connectivity index (χ1n) is 6.86. The van der Waals surface area contributed by atoms with Crippen LogP contribution in [-0.4, -0.2) is 12.4 Å². The summed E-state index contributed by atoms with van der Waals surface area (Å²) >= 11 is 3.08. The molecule has 0 fully saturated rings. The largest absolute Gasteiger partial charge is 0.485 e. The molecule has 0 saturated heterocycles. The van der Waals surface area contributed by atoms with E-state index in [1.54, 1.807) is 12.1 Å². The number of ketones is 1. The van der Waals surface area contributed by atoms with Crippen LogP contribution in [0.25, 0.3) is 0 Å². The number of halogens is 2.